The maximum absolute atomic E-state index is 13.2. The van der Waals surface area contributed by atoms with Crippen molar-refractivity contribution in [3.05, 3.63) is 12.3 Å². The van der Waals surface area contributed by atoms with Gasteiger partial charge in [-0.15, -0.1) is 10.2 Å². The van der Waals surface area contributed by atoms with Crippen molar-refractivity contribution >= 4 is 12.0 Å². The van der Waals surface area contributed by atoms with Crippen LogP contribution in [0.1, 0.15) is 59.4 Å². The van der Waals surface area contributed by atoms with Gasteiger partial charge in [0.1, 0.15) is 17.2 Å². The van der Waals surface area contributed by atoms with E-state index in [0.29, 0.717) is 12.8 Å². The van der Waals surface area contributed by atoms with Gasteiger partial charge < -0.3 is 19.2 Å². The summed E-state index contributed by atoms with van der Waals surface area (Å²) in [4.78, 5) is 29.1. The van der Waals surface area contributed by atoms with Gasteiger partial charge in [-0.2, -0.15) is 0 Å². The van der Waals surface area contributed by atoms with Gasteiger partial charge in [0, 0.05) is 6.04 Å². The zero-order valence-corrected chi connectivity index (χ0v) is 15.8. The molecule has 144 valence electrons. The molecule has 2 fully saturated rings. The molecule has 2 saturated heterocycles. The van der Waals surface area contributed by atoms with E-state index >= 15 is 0 Å². The van der Waals surface area contributed by atoms with Crippen LogP contribution in [-0.4, -0.2) is 66.9 Å². The SMILES string of the molecule is CC1CCC2(C(=O)N([C@@H](CO)c3nnco3)C2C)N1C(=O)OC(C)(C)C. The van der Waals surface area contributed by atoms with Gasteiger partial charge in [-0.1, -0.05) is 0 Å². The molecule has 0 radical (unpaired) electrons. The molecule has 9 nitrogen and oxygen atoms in total. The lowest BCUT2D eigenvalue weighted by molar-refractivity contribution is -0.181. The van der Waals surface area contributed by atoms with Crippen molar-refractivity contribution in [2.75, 3.05) is 6.61 Å². The molecule has 0 bridgehead atoms. The largest absolute Gasteiger partial charge is 0.444 e. The monoisotopic (exact) mass is 366 g/mol. The molecule has 0 aliphatic carbocycles. The van der Waals surface area contributed by atoms with Crippen LogP contribution in [0.3, 0.4) is 0 Å². The maximum atomic E-state index is 13.2. The third-order valence-corrected chi connectivity index (χ3v) is 5.29. The molecule has 9 heteroatoms. The number of aliphatic hydroxyl groups is 1. The lowest BCUT2D eigenvalue weighted by atomic mass is 9.76. The number of carbonyl (C=O) groups is 2. The summed E-state index contributed by atoms with van der Waals surface area (Å²) in [5.74, 6) is -0.0464. The Kier molecular flexibility index (Phi) is 4.46. The Morgan fingerprint density at radius 2 is 2.19 bits per heavy atom. The molecule has 0 saturated carbocycles. The van der Waals surface area contributed by atoms with E-state index in [0.717, 1.165) is 6.39 Å². The molecule has 0 aromatic carbocycles. The Hall–Kier alpha value is -2.16. The van der Waals surface area contributed by atoms with Crippen LogP contribution in [0.5, 0.6) is 0 Å². The highest BCUT2D eigenvalue weighted by Crippen LogP contribution is 2.49. The Balaban J connectivity index is 1.88. The van der Waals surface area contributed by atoms with E-state index in [9.17, 15) is 14.7 Å². The first-order valence-corrected chi connectivity index (χ1v) is 8.85. The molecule has 4 atom stereocenters. The molecular formula is C17H26N4O5. The Bertz CT molecular complexity index is 686. The third-order valence-electron chi connectivity index (χ3n) is 5.29. The molecule has 3 heterocycles. The minimum Gasteiger partial charge on any atom is -0.444 e. The minimum absolute atomic E-state index is 0.102. The van der Waals surface area contributed by atoms with Crippen LogP contribution < -0.4 is 0 Å². The smallest absolute Gasteiger partial charge is 0.411 e. The van der Waals surface area contributed by atoms with Crippen molar-refractivity contribution in [1.29, 1.82) is 0 Å². The van der Waals surface area contributed by atoms with Crippen LogP contribution in [0.2, 0.25) is 0 Å². The standard InChI is InChI=1S/C17H26N4O5/c1-10-6-7-17(21(10)15(24)26-16(3,4)5)11(2)20(14(17)23)12(8-22)13-19-18-9-25-13/h9-12,22H,6-8H2,1-5H3/t10?,11?,12-,17?/m0/s1. The van der Waals surface area contributed by atoms with Gasteiger partial charge >= 0.3 is 6.09 Å². The van der Waals surface area contributed by atoms with Gasteiger partial charge in [0.05, 0.1) is 12.6 Å². The van der Waals surface area contributed by atoms with Crippen LogP contribution in [0.25, 0.3) is 0 Å². The molecule has 2 aliphatic rings. The predicted molar refractivity (Wildman–Crippen MR) is 89.9 cm³/mol. The molecule has 3 rings (SSSR count). The second-order valence-corrected chi connectivity index (χ2v) is 8.03. The molecule has 1 N–H and O–H groups in total. The highest BCUT2D eigenvalue weighted by atomic mass is 16.6. The van der Waals surface area contributed by atoms with Crippen molar-refractivity contribution in [1.82, 2.24) is 20.0 Å². The van der Waals surface area contributed by atoms with E-state index in [1.807, 2.05) is 13.8 Å². The average molecular weight is 366 g/mol. The van der Waals surface area contributed by atoms with E-state index in [2.05, 4.69) is 10.2 Å². The molecule has 26 heavy (non-hydrogen) atoms. The summed E-state index contributed by atoms with van der Waals surface area (Å²) in [5.41, 5.74) is -1.59. The molecule has 1 spiro atoms. The first-order chi connectivity index (χ1) is 12.1. The first kappa shape index (κ1) is 18.6. The summed E-state index contributed by atoms with van der Waals surface area (Å²) in [7, 11) is 0. The van der Waals surface area contributed by atoms with Gasteiger partial charge in [-0.3, -0.25) is 9.69 Å². The Morgan fingerprint density at radius 1 is 1.50 bits per heavy atom. The number of nitrogens with zero attached hydrogens (tertiary/aromatic N) is 4. The van der Waals surface area contributed by atoms with Crippen LogP contribution in [0.4, 0.5) is 4.79 Å². The zero-order valence-electron chi connectivity index (χ0n) is 15.8. The summed E-state index contributed by atoms with van der Waals surface area (Å²) in [6.45, 7) is 8.85. The van der Waals surface area contributed by atoms with E-state index < -0.39 is 23.3 Å². The zero-order chi connectivity index (χ0) is 19.3. The third kappa shape index (κ3) is 2.65. The van der Waals surface area contributed by atoms with Gasteiger partial charge in [-0.05, 0) is 47.5 Å². The lowest BCUT2D eigenvalue weighted by Crippen LogP contribution is -2.79. The number of amides is 2. The predicted octanol–water partition coefficient (Wildman–Crippen LogP) is 1.49. The van der Waals surface area contributed by atoms with Gasteiger partial charge in [0.15, 0.2) is 0 Å². The van der Waals surface area contributed by atoms with Crippen LogP contribution in [0.15, 0.2) is 10.8 Å². The molecule has 1 aromatic rings. The second-order valence-electron chi connectivity index (χ2n) is 8.03. The second kappa shape index (κ2) is 6.22. The van der Waals surface area contributed by atoms with Crippen molar-refractivity contribution in [2.24, 2.45) is 0 Å². The number of ether oxygens (including phenoxy) is 1. The number of aromatic nitrogens is 2. The van der Waals surface area contributed by atoms with Crippen molar-refractivity contribution in [3.63, 3.8) is 0 Å². The van der Waals surface area contributed by atoms with Gasteiger partial charge in [0.25, 0.3) is 5.91 Å². The van der Waals surface area contributed by atoms with Crippen molar-refractivity contribution in [3.8, 4) is 0 Å². The summed E-state index contributed by atoms with van der Waals surface area (Å²) < 4.78 is 10.7. The normalized spacial score (nSPS) is 29.8. The van der Waals surface area contributed by atoms with Crippen LogP contribution >= 0.6 is 0 Å². The number of aliphatic hydroxyl groups excluding tert-OH is 1. The fourth-order valence-corrected chi connectivity index (χ4v) is 4.11. The highest BCUT2D eigenvalue weighted by Gasteiger charge is 2.68. The Morgan fingerprint density at radius 3 is 2.69 bits per heavy atom. The van der Waals surface area contributed by atoms with E-state index in [1.165, 1.54) is 4.90 Å². The summed E-state index contributed by atoms with van der Waals surface area (Å²) in [6, 6.07) is -1.13. The fourth-order valence-electron chi connectivity index (χ4n) is 4.11. The number of rotatable bonds is 3. The summed E-state index contributed by atoms with van der Waals surface area (Å²) in [5, 5.41) is 17.2. The van der Waals surface area contributed by atoms with Gasteiger partial charge in [-0.25, -0.2) is 4.79 Å². The average Bonchev–Trinajstić information content (AvgIpc) is 3.19. The number of β-lactam (4-membered cyclic amide) rings is 1. The molecule has 1 aromatic heterocycles. The number of likely N-dealkylation sites (tertiary alicyclic amines) is 2. The first-order valence-electron chi connectivity index (χ1n) is 8.85. The Labute approximate surface area is 152 Å². The molecule has 3 unspecified atom stereocenters. The molecule has 2 aliphatic heterocycles. The van der Waals surface area contributed by atoms with Gasteiger partial charge in [0.2, 0.25) is 12.3 Å². The summed E-state index contributed by atoms with van der Waals surface area (Å²) in [6.07, 6.45) is 1.95. The minimum atomic E-state index is -0.949. The number of hydrogen-bond acceptors (Lipinski definition) is 7. The molecular weight excluding hydrogens is 340 g/mol. The topological polar surface area (TPSA) is 109 Å². The van der Waals surface area contributed by atoms with Crippen LogP contribution in [-0.2, 0) is 9.53 Å². The van der Waals surface area contributed by atoms with E-state index in [1.54, 1.807) is 25.7 Å². The van der Waals surface area contributed by atoms with E-state index in [-0.39, 0.29) is 30.5 Å². The quantitative estimate of drug-likeness (QED) is 0.807. The highest BCUT2D eigenvalue weighted by molar-refractivity contribution is 5.98. The van der Waals surface area contributed by atoms with Crippen LogP contribution in [0, 0.1) is 0 Å². The van der Waals surface area contributed by atoms with E-state index in [4.69, 9.17) is 9.15 Å². The van der Waals surface area contributed by atoms with Crippen molar-refractivity contribution in [2.45, 2.75) is 76.7 Å². The number of hydrogen-bond donors (Lipinski definition) is 1. The summed E-state index contributed by atoms with van der Waals surface area (Å²) >= 11 is 0. The maximum Gasteiger partial charge on any atom is 0.411 e. The molecule has 2 amide bonds. The number of carbonyl (C=O) groups excluding carboxylic acids is 2. The fraction of sp³-hybridized carbons (Fsp3) is 0.765. The van der Waals surface area contributed by atoms with Crippen molar-refractivity contribution < 1.29 is 23.8 Å². The lowest BCUT2D eigenvalue weighted by Gasteiger charge is -2.58.